The molecule has 2 fully saturated rings. The van der Waals surface area contributed by atoms with Crippen LogP contribution in [0.15, 0.2) is 4.52 Å². The molecule has 0 bridgehead atoms. The van der Waals surface area contributed by atoms with Crippen molar-refractivity contribution >= 4 is 0 Å². The predicted molar refractivity (Wildman–Crippen MR) is 72.3 cm³/mol. The molecule has 0 saturated carbocycles. The summed E-state index contributed by atoms with van der Waals surface area (Å²) < 4.78 is 16.5. The molecule has 1 aromatic heterocycles. The van der Waals surface area contributed by atoms with Crippen LogP contribution < -0.4 is 5.32 Å². The van der Waals surface area contributed by atoms with Gasteiger partial charge in [0.2, 0.25) is 5.89 Å². The number of ether oxygens (including phenoxy) is 2. The lowest BCUT2D eigenvalue weighted by Crippen LogP contribution is -2.42. The molecule has 0 amide bonds. The van der Waals surface area contributed by atoms with Crippen molar-refractivity contribution in [2.75, 3.05) is 19.8 Å². The molecule has 3 atom stereocenters. The van der Waals surface area contributed by atoms with E-state index in [1.54, 1.807) is 0 Å². The van der Waals surface area contributed by atoms with Gasteiger partial charge in [0.1, 0.15) is 0 Å². The lowest BCUT2D eigenvalue weighted by Gasteiger charge is -2.31. The largest absolute Gasteiger partial charge is 0.381 e. The van der Waals surface area contributed by atoms with Crippen molar-refractivity contribution in [3.63, 3.8) is 0 Å². The first-order valence-corrected chi connectivity index (χ1v) is 7.49. The minimum atomic E-state index is 0.106. The molecule has 1 N–H and O–H groups in total. The first kappa shape index (κ1) is 14.0. The highest BCUT2D eigenvalue weighted by molar-refractivity contribution is 4.98. The fraction of sp³-hybridized carbons (Fsp3) is 0.857. The van der Waals surface area contributed by atoms with E-state index in [1.807, 2.05) is 6.92 Å². The number of hydrogen-bond acceptors (Lipinski definition) is 6. The fourth-order valence-corrected chi connectivity index (χ4v) is 3.08. The van der Waals surface area contributed by atoms with E-state index in [1.165, 1.54) is 0 Å². The summed E-state index contributed by atoms with van der Waals surface area (Å²) in [5.74, 6) is 1.87. The summed E-state index contributed by atoms with van der Waals surface area (Å²) in [5.41, 5.74) is 0. The SMILES string of the molecule is Cc1noc([C@H](N[C@H]2CCO[C@H]2C)C2CCOCC2)n1. The molecule has 2 aliphatic rings. The Bertz CT molecular complexity index is 431. The second kappa shape index (κ2) is 6.20. The van der Waals surface area contributed by atoms with Crippen molar-refractivity contribution in [1.82, 2.24) is 15.5 Å². The summed E-state index contributed by atoms with van der Waals surface area (Å²) in [6.07, 6.45) is 3.33. The number of hydrogen-bond donors (Lipinski definition) is 1. The second-order valence-corrected chi connectivity index (χ2v) is 5.75. The van der Waals surface area contributed by atoms with Crippen LogP contribution in [0.3, 0.4) is 0 Å². The lowest BCUT2D eigenvalue weighted by molar-refractivity contribution is 0.0432. The molecule has 6 heteroatoms. The molecule has 0 spiro atoms. The molecule has 3 heterocycles. The van der Waals surface area contributed by atoms with Gasteiger partial charge in [0, 0.05) is 25.9 Å². The van der Waals surface area contributed by atoms with Crippen LogP contribution in [0.1, 0.15) is 43.9 Å². The van der Waals surface area contributed by atoms with Crippen molar-refractivity contribution in [3.8, 4) is 0 Å². The number of rotatable bonds is 4. The topological polar surface area (TPSA) is 69.4 Å². The van der Waals surface area contributed by atoms with Crippen LogP contribution in [0.25, 0.3) is 0 Å². The third-order valence-electron chi connectivity index (χ3n) is 4.32. The Morgan fingerprint density at radius 2 is 2.00 bits per heavy atom. The third kappa shape index (κ3) is 3.02. The molecular formula is C14H23N3O3. The standard InChI is InChI=1S/C14H23N3O3/c1-9-12(5-8-19-9)16-13(11-3-6-18-7-4-11)14-15-10(2)17-20-14/h9,11-13,16H,3-8H2,1-2H3/t9-,12-,13+/m0/s1. The molecule has 1 aromatic rings. The Balaban J connectivity index is 1.75. The maximum absolute atomic E-state index is 5.64. The average Bonchev–Trinajstić information content (AvgIpc) is 3.06. The average molecular weight is 281 g/mol. The van der Waals surface area contributed by atoms with Gasteiger partial charge in [0.05, 0.1) is 12.1 Å². The van der Waals surface area contributed by atoms with Gasteiger partial charge in [-0.3, -0.25) is 0 Å². The van der Waals surface area contributed by atoms with Crippen molar-refractivity contribution in [2.24, 2.45) is 5.92 Å². The van der Waals surface area contributed by atoms with Crippen LogP contribution in [0, 0.1) is 12.8 Å². The van der Waals surface area contributed by atoms with Gasteiger partial charge in [-0.1, -0.05) is 5.16 Å². The second-order valence-electron chi connectivity index (χ2n) is 5.75. The van der Waals surface area contributed by atoms with E-state index in [0.29, 0.717) is 23.7 Å². The zero-order valence-electron chi connectivity index (χ0n) is 12.2. The molecule has 3 rings (SSSR count). The minimum absolute atomic E-state index is 0.106. The monoisotopic (exact) mass is 281 g/mol. The van der Waals surface area contributed by atoms with E-state index < -0.39 is 0 Å². The summed E-state index contributed by atoms with van der Waals surface area (Å²) in [6, 6.07) is 0.462. The summed E-state index contributed by atoms with van der Waals surface area (Å²) in [5, 5.41) is 7.63. The van der Waals surface area contributed by atoms with E-state index in [4.69, 9.17) is 14.0 Å². The summed E-state index contributed by atoms with van der Waals surface area (Å²) >= 11 is 0. The van der Waals surface area contributed by atoms with Crippen LogP contribution in [0.5, 0.6) is 0 Å². The van der Waals surface area contributed by atoms with E-state index in [9.17, 15) is 0 Å². The van der Waals surface area contributed by atoms with E-state index in [2.05, 4.69) is 22.4 Å². The van der Waals surface area contributed by atoms with E-state index in [-0.39, 0.29) is 12.1 Å². The van der Waals surface area contributed by atoms with Crippen LogP contribution in [0.4, 0.5) is 0 Å². The first-order valence-electron chi connectivity index (χ1n) is 7.49. The van der Waals surface area contributed by atoms with Crippen LogP contribution in [-0.4, -0.2) is 42.1 Å². The fourth-order valence-electron chi connectivity index (χ4n) is 3.08. The maximum Gasteiger partial charge on any atom is 0.244 e. The molecule has 20 heavy (non-hydrogen) atoms. The molecule has 0 radical (unpaired) electrons. The Labute approximate surface area is 119 Å². The van der Waals surface area contributed by atoms with Crippen molar-refractivity contribution in [1.29, 1.82) is 0 Å². The summed E-state index contributed by atoms with van der Waals surface area (Å²) in [6.45, 7) is 6.42. The van der Waals surface area contributed by atoms with E-state index in [0.717, 1.165) is 39.1 Å². The van der Waals surface area contributed by atoms with Crippen LogP contribution >= 0.6 is 0 Å². The Hall–Kier alpha value is -0.980. The van der Waals surface area contributed by atoms with Gasteiger partial charge >= 0.3 is 0 Å². The highest BCUT2D eigenvalue weighted by atomic mass is 16.5. The van der Waals surface area contributed by atoms with Crippen LogP contribution in [0.2, 0.25) is 0 Å². The predicted octanol–water partition coefficient (Wildman–Crippen LogP) is 1.61. The minimum Gasteiger partial charge on any atom is -0.381 e. The molecule has 2 aliphatic heterocycles. The molecule has 0 unspecified atom stereocenters. The van der Waals surface area contributed by atoms with E-state index >= 15 is 0 Å². The normalized spacial score (nSPS) is 29.7. The molecule has 112 valence electrons. The molecule has 6 nitrogen and oxygen atoms in total. The molecule has 2 saturated heterocycles. The van der Waals surface area contributed by atoms with Crippen molar-refractivity contribution < 1.29 is 14.0 Å². The van der Waals surface area contributed by atoms with Gasteiger partial charge < -0.3 is 19.3 Å². The lowest BCUT2D eigenvalue weighted by atomic mass is 9.90. The number of nitrogens with one attached hydrogen (secondary N) is 1. The van der Waals surface area contributed by atoms with Crippen molar-refractivity contribution in [2.45, 2.75) is 51.3 Å². The summed E-state index contributed by atoms with van der Waals surface area (Å²) in [4.78, 5) is 4.43. The van der Waals surface area contributed by atoms with Gasteiger partial charge in [0.25, 0.3) is 0 Å². The Kier molecular flexibility index (Phi) is 4.33. The highest BCUT2D eigenvalue weighted by Crippen LogP contribution is 2.31. The molecular weight excluding hydrogens is 258 g/mol. The highest BCUT2D eigenvalue weighted by Gasteiger charge is 2.34. The zero-order chi connectivity index (χ0) is 13.9. The molecule has 0 aliphatic carbocycles. The Morgan fingerprint density at radius 1 is 1.20 bits per heavy atom. The third-order valence-corrected chi connectivity index (χ3v) is 4.32. The van der Waals surface area contributed by atoms with Gasteiger partial charge in [-0.15, -0.1) is 0 Å². The first-order chi connectivity index (χ1) is 9.74. The number of aryl methyl sites for hydroxylation is 1. The van der Waals surface area contributed by atoms with Gasteiger partial charge in [0.15, 0.2) is 5.82 Å². The van der Waals surface area contributed by atoms with Gasteiger partial charge in [-0.05, 0) is 39.0 Å². The van der Waals surface area contributed by atoms with Crippen molar-refractivity contribution in [3.05, 3.63) is 11.7 Å². The maximum atomic E-state index is 5.64. The van der Waals surface area contributed by atoms with Gasteiger partial charge in [-0.2, -0.15) is 4.98 Å². The van der Waals surface area contributed by atoms with Crippen LogP contribution in [-0.2, 0) is 9.47 Å². The zero-order valence-corrected chi connectivity index (χ0v) is 12.2. The quantitative estimate of drug-likeness (QED) is 0.904. The number of nitrogens with zero attached hydrogens (tertiary/aromatic N) is 2. The van der Waals surface area contributed by atoms with Gasteiger partial charge in [-0.25, -0.2) is 0 Å². The Morgan fingerprint density at radius 3 is 2.60 bits per heavy atom. The smallest absolute Gasteiger partial charge is 0.244 e. The number of aromatic nitrogens is 2. The summed E-state index contributed by atoms with van der Waals surface area (Å²) in [7, 11) is 0. The molecule has 0 aromatic carbocycles.